The first kappa shape index (κ1) is 17.1. The van der Waals surface area contributed by atoms with Crippen molar-refractivity contribution in [3.05, 3.63) is 64.2 Å². The molecular formula is C18H17F3O2. The minimum atomic E-state index is -4.90. The number of benzene rings is 2. The lowest BCUT2D eigenvalue weighted by atomic mass is 10.0. The molecule has 0 saturated carbocycles. The number of hydrogen-bond donors (Lipinski definition) is 0. The number of rotatable bonds is 4. The van der Waals surface area contributed by atoms with Gasteiger partial charge in [-0.05, 0) is 31.9 Å². The molecule has 0 radical (unpaired) electrons. The van der Waals surface area contributed by atoms with E-state index in [0.29, 0.717) is 5.75 Å². The van der Waals surface area contributed by atoms with Crippen LogP contribution in [0.1, 0.15) is 32.6 Å². The van der Waals surface area contributed by atoms with Crippen LogP contribution in [-0.4, -0.2) is 12.0 Å². The topological polar surface area (TPSA) is 26.3 Å². The molecule has 0 N–H and O–H groups in total. The van der Waals surface area contributed by atoms with Gasteiger partial charge in [0.05, 0.1) is 0 Å². The third-order valence-corrected chi connectivity index (χ3v) is 3.50. The normalized spacial score (nSPS) is 11.4. The molecule has 2 nitrogen and oxygen atoms in total. The van der Waals surface area contributed by atoms with Crippen LogP contribution >= 0.6 is 0 Å². The fourth-order valence-electron chi connectivity index (χ4n) is 2.56. The summed E-state index contributed by atoms with van der Waals surface area (Å²) in [6.45, 7) is 5.62. The molecule has 23 heavy (non-hydrogen) atoms. The summed E-state index contributed by atoms with van der Waals surface area (Å²) >= 11 is 0. The quantitative estimate of drug-likeness (QED) is 0.746. The van der Waals surface area contributed by atoms with Crippen LogP contribution in [0.5, 0.6) is 5.75 Å². The van der Waals surface area contributed by atoms with Gasteiger partial charge in [0.1, 0.15) is 12.4 Å². The van der Waals surface area contributed by atoms with E-state index in [1.807, 2.05) is 32.9 Å². The summed E-state index contributed by atoms with van der Waals surface area (Å²) in [6.07, 6.45) is -4.90. The van der Waals surface area contributed by atoms with Crippen molar-refractivity contribution in [1.82, 2.24) is 0 Å². The Hall–Kier alpha value is -2.30. The number of ether oxygens (including phenoxy) is 1. The standard InChI is InChI=1S/C18H17F3O2/c1-11-8-12(2)16(13(3)9-11)23-10-14-6-4-5-7-15(14)17(22)18(19,20)21/h4-9H,10H2,1-3H3. The Balaban J connectivity index is 2.28. The molecule has 0 bridgehead atoms. The van der Waals surface area contributed by atoms with Gasteiger partial charge in [-0.15, -0.1) is 0 Å². The SMILES string of the molecule is Cc1cc(C)c(OCc2ccccc2C(=O)C(F)(F)F)c(C)c1. The van der Waals surface area contributed by atoms with Gasteiger partial charge in [0.25, 0.3) is 5.78 Å². The highest BCUT2D eigenvalue weighted by Crippen LogP contribution is 2.27. The minimum absolute atomic E-state index is 0.0945. The van der Waals surface area contributed by atoms with Gasteiger partial charge in [0, 0.05) is 11.1 Å². The average Bonchev–Trinajstić information content (AvgIpc) is 2.44. The minimum Gasteiger partial charge on any atom is -0.488 e. The Labute approximate surface area is 132 Å². The Morgan fingerprint density at radius 1 is 1.04 bits per heavy atom. The molecule has 0 fully saturated rings. The van der Waals surface area contributed by atoms with Crippen molar-refractivity contribution in [3.8, 4) is 5.75 Å². The molecule has 0 aliphatic carbocycles. The molecule has 2 aromatic carbocycles. The first-order valence-electron chi connectivity index (χ1n) is 7.10. The molecule has 2 rings (SSSR count). The second-order valence-corrected chi connectivity index (χ2v) is 5.50. The Bertz CT molecular complexity index is 710. The van der Waals surface area contributed by atoms with E-state index in [4.69, 9.17) is 4.74 Å². The van der Waals surface area contributed by atoms with Gasteiger partial charge in [-0.3, -0.25) is 4.79 Å². The summed E-state index contributed by atoms with van der Waals surface area (Å²) in [5.74, 6) is -1.22. The highest BCUT2D eigenvalue weighted by molar-refractivity contribution is 6.01. The van der Waals surface area contributed by atoms with E-state index in [0.717, 1.165) is 16.7 Å². The zero-order valence-electron chi connectivity index (χ0n) is 13.1. The molecule has 0 aliphatic heterocycles. The number of hydrogen-bond acceptors (Lipinski definition) is 2. The molecule has 0 atom stereocenters. The van der Waals surface area contributed by atoms with Gasteiger partial charge in [-0.25, -0.2) is 0 Å². The van der Waals surface area contributed by atoms with Gasteiger partial charge in [0.2, 0.25) is 0 Å². The molecule has 122 valence electrons. The predicted octanol–water partition coefficient (Wildman–Crippen LogP) is 4.94. The van der Waals surface area contributed by atoms with E-state index in [9.17, 15) is 18.0 Å². The fraction of sp³-hybridized carbons (Fsp3) is 0.278. The number of Topliss-reactive ketones (excluding diaryl/α,β-unsaturated/α-hetero) is 1. The molecule has 0 spiro atoms. The molecular weight excluding hydrogens is 305 g/mol. The maximum Gasteiger partial charge on any atom is 0.454 e. The van der Waals surface area contributed by atoms with Gasteiger partial charge in [0.15, 0.2) is 0 Å². The maximum atomic E-state index is 12.7. The summed E-state index contributed by atoms with van der Waals surface area (Å²) < 4.78 is 43.7. The molecule has 0 aliphatic rings. The molecule has 0 heterocycles. The van der Waals surface area contributed by atoms with Gasteiger partial charge in [-0.1, -0.05) is 42.0 Å². The summed E-state index contributed by atoms with van der Waals surface area (Å²) in [6, 6.07) is 9.51. The third kappa shape index (κ3) is 3.92. The zero-order chi connectivity index (χ0) is 17.2. The molecule has 0 saturated heterocycles. The zero-order valence-corrected chi connectivity index (χ0v) is 13.1. The summed E-state index contributed by atoms with van der Waals surface area (Å²) in [5, 5.41) is 0. The van der Waals surface area contributed by atoms with Crippen LogP contribution in [0.4, 0.5) is 13.2 Å². The van der Waals surface area contributed by atoms with Crippen LogP contribution in [0.3, 0.4) is 0 Å². The van der Waals surface area contributed by atoms with Crippen molar-refractivity contribution in [1.29, 1.82) is 0 Å². The molecule has 5 heteroatoms. The van der Waals surface area contributed by atoms with E-state index in [2.05, 4.69) is 0 Å². The van der Waals surface area contributed by atoms with Gasteiger partial charge < -0.3 is 4.74 Å². The lowest BCUT2D eigenvalue weighted by Gasteiger charge is -2.15. The highest BCUT2D eigenvalue weighted by Gasteiger charge is 2.40. The molecule has 2 aromatic rings. The van der Waals surface area contributed by atoms with Crippen LogP contribution < -0.4 is 4.74 Å². The van der Waals surface area contributed by atoms with Crippen LogP contribution in [0.25, 0.3) is 0 Å². The van der Waals surface area contributed by atoms with Crippen molar-refractivity contribution >= 4 is 5.78 Å². The van der Waals surface area contributed by atoms with Crippen molar-refractivity contribution in [2.24, 2.45) is 0 Å². The van der Waals surface area contributed by atoms with E-state index in [1.54, 1.807) is 6.07 Å². The van der Waals surface area contributed by atoms with Gasteiger partial charge >= 0.3 is 6.18 Å². The second kappa shape index (κ2) is 6.44. The highest BCUT2D eigenvalue weighted by atomic mass is 19.4. The predicted molar refractivity (Wildman–Crippen MR) is 81.8 cm³/mol. The average molecular weight is 322 g/mol. The first-order chi connectivity index (χ1) is 10.7. The Morgan fingerprint density at radius 2 is 1.61 bits per heavy atom. The molecule has 0 unspecified atom stereocenters. The van der Waals surface area contributed by atoms with Crippen LogP contribution in [0.2, 0.25) is 0 Å². The van der Waals surface area contributed by atoms with E-state index in [-0.39, 0.29) is 17.7 Å². The smallest absolute Gasteiger partial charge is 0.454 e. The Kier molecular flexibility index (Phi) is 4.78. The number of aryl methyl sites for hydroxylation is 3. The summed E-state index contributed by atoms with van der Waals surface area (Å²) in [4.78, 5) is 11.5. The maximum absolute atomic E-state index is 12.7. The number of alkyl halides is 3. The Morgan fingerprint density at radius 3 is 2.17 bits per heavy atom. The second-order valence-electron chi connectivity index (χ2n) is 5.50. The number of halogens is 3. The van der Waals surface area contributed by atoms with Crippen molar-refractivity contribution in [3.63, 3.8) is 0 Å². The molecule has 0 aromatic heterocycles. The first-order valence-corrected chi connectivity index (χ1v) is 7.10. The number of carbonyl (C=O) groups excluding carboxylic acids is 1. The lowest BCUT2D eigenvalue weighted by Crippen LogP contribution is -2.24. The monoisotopic (exact) mass is 322 g/mol. The van der Waals surface area contributed by atoms with Crippen molar-refractivity contribution < 1.29 is 22.7 Å². The van der Waals surface area contributed by atoms with E-state index >= 15 is 0 Å². The number of ketones is 1. The third-order valence-electron chi connectivity index (χ3n) is 3.50. The fourth-order valence-corrected chi connectivity index (χ4v) is 2.56. The number of carbonyl (C=O) groups is 1. The van der Waals surface area contributed by atoms with Crippen LogP contribution in [0, 0.1) is 20.8 Å². The van der Waals surface area contributed by atoms with Crippen LogP contribution in [-0.2, 0) is 6.61 Å². The summed E-state index contributed by atoms with van der Waals surface area (Å²) in [7, 11) is 0. The summed E-state index contributed by atoms with van der Waals surface area (Å²) in [5.41, 5.74) is 2.74. The van der Waals surface area contributed by atoms with Gasteiger partial charge in [-0.2, -0.15) is 13.2 Å². The van der Waals surface area contributed by atoms with Crippen molar-refractivity contribution in [2.45, 2.75) is 33.6 Å². The largest absolute Gasteiger partial charge is 0.488 e. The molecule has 0 amide bonds. The van der Waals surface area contributed by atoms with E-state index < -0.39 is 12.0 Å². The van der Waals surface area contributed by atoms with Crippen LogP contribution in [0.15, 0.2) is 36.4 Å². The van der Waals surface area contributed by atoms with E-state index in [1.165, 1.54) is 18.2 Å². The van der Waals surface area contributed by atoms with Crippen molar-refractivity contribution in [2.75, 3.05) is 0 Å². The lowest BCUT2D eigenvalue weighted by molar-refractivity contribution is -0.0886.